The van der Waals surface area contributed by atoms with Crippen LogP contribution in [-0.4, -0.2) is 22.2 Å². The molecule has 0 saturated heterocycles. The number of carbonyl (C=O) groups is 1. The molecule has 2 atom stereocenters. The third kappa shape index (κ3) is 3.59. The second-order valence-electron chi connectivity index (χ2n) is 4.95. The van der Waals surface area contributed by atoms with E-state index >= 15 is 0 Å². The molecule has 0 heterocycles. The van der Waals surface area contributed by atoms with Crippen LogP contribution in [0.15, 0.2) is 29.2 Å². The molecule has 0 aromatic heterocycles. The predicted octanol–water partition coefficient (Wildman–Crippen LogP) is 3.67. The van der Waals surface area contributed by atoms with Crippen LogP contribution in [0.25, 0.3) is 0 Å². The van der Waals surface area contributed by atoms with Crippen molar-refractivity contribution in [2.24, 2.45) is 0 Å². The second-order valence-corrected chi connectivity index (χ2v) is 6.26. The molecule has 0 bridgehead atoms. The van der Waals surface area contributed by atoms with Gasteiger partial charge in [-0.3, -0.25) is 4.79 Å². The molecule has 0 spiro atoms. The number of thioether (sulfide) groups is 1. The van der Waals surface area contributed by atoms with Gasteiger partial charge in [-0.1, -0.05) is 31.4 Å². The molecule has 0 aliphatic heterocycles. The Labute approximate surface area is 113 Å². The Balaban J connectivity index is 2.07. The van der Waals surface area contributed by atoms with Crippen LogP contribution in [0.2, 0.25) is 0 Å². The van der Waals surface area contributed by atoms with E-state index in [2.05, 4.69) is 0 Å². The van der Waals surface area contributed by atoms with Crippen molar-refractivity contribution in [2.45, 2.75) is 55.3 Å². The van der Waals surface area contributed by atoms with Gasteiger partial charge in [0.05, 0.1) is 6.10 Å². The maximum Gasteiger partial charge on any atom is 0.159 e. The van der Waals surface area contributed by atoms with E-state index in [1.807, 2.05) is 24.3 Å². The predicted molar refractivity (Wildman–Crippen MR) is 75.2 cm³/mol. The molecule has 1 aliphatic carbocycles. The van der Waals surface area contributed by atoms with Crippen LogP contribution in [0.4, 0.5) is 0 Å². The Morgan fingerprint density at radius 3 is 2.83 bits per heavy atom. The highest BCUT2D eigenvalue weighted by Crippen LogP contribution is 2.33. The third-order valence-corrected chi connectivity index (χ3v) is 4.82. The molecule has 1 fully saturated rings. The summed E-state index contributed by atoms with van der Waals surface area (Å²) in [5.74, 6) is 0.0962. The van der Waals surface area contributed by atoms with Crippen LogP contribution in [0.5, 0.6) is 0 Å². The van der Waals surface area contributed by atoms with E-state index in [1.165, 1.54) is 12.8 Å². The van der Waals surface area contributed by atoms with Crippen LogP contribution in [-0.2, 0) is 0 Å². The van der Waals surface area contributed by atoms with Crippen molar-refractivity contribution in [3.8, 4) is 0 Å². The largest absolute Gasteiger partial charge is 0.392 e. The van der Waals surface area contributed by atoms with Crippen molar-refractivity contribution in [3.63, 3.8) is 0 Å². The number of hydrogen-bond acceptors (Lipinski definition) is 3. The lowest BCUT2D eigenvalue weighted by Gasteiger charge is -2.19. The summed E-state index contributed by atoms with van der Waals surface area (Å²) in [6, 6.07) is 7.72. The zero-order valence-electron chi connectivity index (χ0n) is 10.8. The minimum absolute atomic E-state index is 0.0962. The van der Waals surface area contributed by atoms with Crippen LogP contribution >= 0.6 is 11.8 Å². The van der Waals surface area contributed by atoms with Crippen molar-refractivity contribution >= 4 is 17.5 Å². The summed E-state index contributed by atoms with van der Waals surface area (Å²) in [6.45, 7) is 1.59. The van der Waals surface area contributed by atoms with Gasteiger partial charge in [0.15, 0.2) is 5.78 Å². The molecule has 3 heteroatoms. The first-order chi connectivity index (χ1) is 8.66. The van der Waals surface area contributed by atoms with E-state index in [4.69, 9.17) is 0 Å². The maximum absolute atomic E-state index is 11.4. The van der Waals surface area contributed by atoms with Crippen molar-refractivity contribution in [1.29, 1.82) is 0 Å². The number of ketones is 1. The summed E-state index contributed by atoms with van der Waals surface area (Å²) in [5.41, 5.74) is 0.753. The van der Waals surface area contributed by atoms with E-state index < -0.39 is 0 Å². The zero-order chi connectivity index (χ0) is 13.0. The van der Waals surface area contributed by atoms with Crippen LogP contribution < -0.4 is 0 Å². The zero-order valence-corrected chi connectivity index (χ0v) is 11.6. The highest BCUT2D eigenvalue weighted by Gasteiger charge is 2.22. The summed E-state index contributed by atoms with van der Waals surface area (Å²) < 4.78 is 0. The molecule has 98 valence electrons. The van der Waals surface area contributed by atoms with Gasteiger partial charge in [0.25, 0.3) is 0 Å². The maximum atomic E-state index is 11.4. The quantitative estimate of drug-likeness (QED) is 0.668. The van der Waals surface area contributed by atoms with Gasteiger partial charge >= 0.3 is 0 Å². The summed E-state index contributed by atoms with van der Waals surface area (Å²) in [5, 5.41) is 10.4. The van der Waals surface area contributed by atoms with Crippen molar-refractivity contribution in [1.82, 2.24) is 0 Å². The number of aliphatic hydroxyl groups is 1. The van der Waals surface area contributed by atoms with E-state index in [0.717, 1.165) is 29.7 Å². The SMILES string of the molecule is CC(=O)c1cccc(SC2CCCCCC2O)c1. The summed E-state index contributed by atoms with van der Waals surface area (Å²) >= 11 is 1.72. The fourth-order valence-electron chi connectivity index (χ4n) is 2.35. The standard InChI is InChI=1S/C15H20O2S/c1-11(16)12-6-5-7-13(10-12)18-15-9-4-2-3-8-14(15)17/h5-7,10,14-15,17H,2-4,8-9H2,1H3. The molecule has 1 N–H and O–H groups in total. The number of aliphatic hydroxyl groups excluding tert-OH is 1. The lowest BCUT2D eigenvalue weighted by Crippen LogP contribution is -2.21. The number of carbonyl (C=O) groups excluding carboxylic acids is 1. The molecule has 2 rings (SSSR count). The first-order valence-electron chi connectivity index (χ1n) is 6.62. The molecule has 18 heavy (non-hydrogen) atoms. The van der Waals surface area contributed by atoms with Gasteiger partial charge in [0.2, 0.25) is 0 Å². The molecule has 1 aromatic rings. The van der Waals surface area contributed by atoms with Crippen LogP contribution in [0.3, 0.4) is 0 Å². The minimum Gasteiger partial charge on any atom is -0.392 e. The minimum atomic E-state index is -0.210. The fourth-order valence-corrected chi connectivity index (χ4v) is 3.63. The number of rotatable bonds is 3. The Kier molecular flexibility index (Phi) is 4.84. The topological polar surface area (TPSA) is 37.3 Å². The van der Waals surface area contributed by atoms with Gasteiger partial charge in [-0.2, -0.15) is 0 Å². The summed E-state index contributed by atoms with van der Waals surface area (Å²) in [7, 11) is 0. The van der Waals surface area contributed by atoms with Crippen LogP contribution in [0.1, 0.15) is 49.4 Å². The summed E-state index contributed by atoms with van der Waals surface area (Å²) in [6.07, 6.45) is 5.31. The summed E-state index contributed by atoms with van der Waals surface area (Å²) in [4.78, 5) is 12.4. The molecule has 1 saturated carbocycles. The molecular formula is C15H20O2S. The van der Waals surface area contributed by atoms with E-state index in [0.29, 0.717) is 0 Å². The monoisotopic (exact) mass is 264 g/mol. The van der Waals surface area contributed by atoms with E-state index in [-0.39, 0.29) is 17.1 Å². The molecular weight excluding hydrogens is 244 g/mol. The normalized spacial score (nSPS) is 24.6. The number of Topliss-reactive ketones (excluding diaryl/α,β-unsaturated/α-hetero) is 1. The van der Waals surface area contributed by atoms with Crippen molar-refractivity contribution < 1.29 is 9.90 Å². The Morgan fingerprint density at radius 1 is 1.28 bits per heavy atom. The van der Waals surface area contributed by atoms with Gasteiger partial charge in [0, 0.05) is 15.7 Å². The van der Waals surface area contributed by atoms with Crippen LogP contribution in [0, 0.1) is 0 Å². The fraction of sp³-hybridized carbons (Fsp3) is 0.533. The Morgan fingerprint density at radius 2 is 2.06 bits per heavy atom. The van der Waals surface area contributed by atoms with Gasteiger partial charge in [0.1, 0.15) is 0 Å². The van der Waals surface area contributed by atoms with Crippen molar-refractivity contribution in [2.75, 3.05) is 0 Å². The van der Waals surface area contributed by atoms with Gasteiger partial charge < -0.3 is 5.11 Å². The molecule has 0 amide bonds. The number of hydrogen-bond donors (Lipinski definition) is 1. The van der Waals surface area contributed by atoms with Gasteiger partial charge in [-0.05, 0) is 31.9 Å². The molecule has 2 nitrogen and oxygen atoms in total. The van der Waals surface area contributed by atoms with Crippen molar-refractivity contribution in [3.05, 3.63) is 29.8 Å². The molecule has 2 unspecified atom stereocenters. The lowest BCUT2D eigenvalue weighted by atomic mass is 10.1. The highest BCUT2D eigenvalue weighted by atomic mass is 32.2. The molecule has 0 radical (unpaired) electrons. The smallest absolute Gasteiger partial charge is 0.159 e. The van der Waals surface area contributed by atoms with E-state index in [9.17, 15) is 9.90 Å². The molecule has 1 aromatic carbocycles. The highest BCUT2D eigenvalue weighted by molar-refractivity contribution is 8.00. The van der Waals surface area contributed by atoms with Gasteiger partial charge in [-0.15, -0.1) is 11.8 Å². The third-order valence-electron chi connectivity index (χ3n) is 3.45. The lowest BCUT2D eigenvalue weighted by molar-refractivity contribution is 0.101. The number of benzene rings is 1. The molecule has 1 aliphatic rings. The second kappa shape index (κ2) is 6.39. The Hall–Kier alpha value is -0.800. The first kappa shape index (κ1) is 13.6. The van der Waals surface area contributed by atoms with E-state index in [1.54, 1.807) is 18.7 Å². The van der Waals surface area contributed by atoms with Gasteiger partial charge in [-0.25, -0.2) is 0 Å². The average Bonchev–Trinajstić information content (AvgIpc) is 2.55. The first-order valence-corrected chi connectivity index (χ1v) is 7.50. The average molecular weight is 264 g/mol. The Bertz CT molecular complexity index is 417.